The number of nitrogens with zero attached hydrogens (tertiary/aromatic N) is 3. The smallest absolute Gasteiger partial charge is 0.247 e. The van der Waals surface area contributed by atoms with Gasteiger partial charge in [0.1, 0.15) is 5.54 Å². The van der Waals surface area contributed by atoms with Gasteiger partial charge in [-0.05, 0) is 18.6 Å². The molecule has 0 saturated carbocycles. The summed E-state index contributed by atoms with van der Waals surface area (Å²) in [5.74, 6) is -0.0718. The lowest BCUT2D eigenvalue weighted by molar-refractivity contribution is -0.145. The first-order valence-corrected chi connectivity index (χ1v) is 7.80. The van der Waals surface area contributed by atoms with Gasteiger partial charge in [-0.1, -0.05) is 30.3 Å². The molecule has 6 nitrogen and oxygen atoms in total. The molecule has 1 fully saturated rings. The molecule has 1 aliphatic rings. The molecule has 3 rings (SSSR count). The molecular formula is C17H24Cl2N4O2. The van der Waals surface area contributed by atoms with Crippen LogP contribution in [-0.4, -0.2) is 46.4 Å². The van der Waals surface area contributed by atoms with Crippen molar-refractivity contribution in [3.05, 3.63) is 54.4 Å². The third kappa shape index (κ3) is 4.95. The average molecular weight is 387 g/mol. The summed E-state index contributed by atoms with van der Waals surface area (Å²) in [7, 11) is 0. The Morgan fingerprint density at radius 1 is 1.32 bits per heavy atom. The van der Waals surface area contributed by atoms with Crippen LogP contribution < -0.4 is 5.73 Å². The number of carbonyl (C=O) groups excluding carboxylic acids is 1. The van der Waals surface area contributed by atoms with Crippen LogP contribution >= 0.6 is 24.8 Å². The SMILES string of the molecule is CC(N)(C(=O)N1CCOC(Cn2cccn2)C1)c1ccccc1.Cl.Cl. The summed E-state index contributed by atoms with van der Waals surface area (Å²) < 4.78 is 7.57. The van der Waals surface area contributed by atoms with E-state index < -0.39 is 5.54 Å². The molecule has 1 aromatic carbocycles. The molecule has 0 bridgehead atoms. The van der Waals surface area contributed by atoms with Crippen molar-refractivity contribution in [2.75, 3.05) is 19.7 Å². The van der Waals surface area contributed by atoms with Gasteiger partial charge in [0.15, 0.2) is 0 Å². The summed E-state index contributed by atoms with van der Waals surface area (Å²) in [4.78, 5) is 14.7. The monoisotopic (exact) mass is 386 g/mol. The second-order valence-electron chi connectivity index (χ2n) is 6.04. The first-order valence-electron chi connectivity index (χ1n) is 7.80. The Hall–Kier alpha value is -1.60. The van der Waals surface area contributed by atoms with Crippen molar-refractivity contribution >= 4 is 30.7 Å². The van der Waals surface area contributed by atoms with Crippen molar-refractivity contribution in [3.8, 4) is 0 Å². The Labute approximate surface area is 160 Å². The summed E-state index contributed by atoms with van der Waals surface area (Å²) in [5.41, 5.74) is 6.13. The van der Waals surface area contributed by atoms with E-state index in [2.05, 4.69) is 5.10 Å². The lowest BCUT2D eigenvalue weighted by Crippen LogP contribution is -2.56. The molecule has 2 N–H and O–H groups in total. The molecule has 1 saturated heterocycles. The Morgan fingerprint density at radius 3 is 2.68 bits per heavy atom. The number of amides is 1. The van der Waals surface area contributed by atoms with Crippen molar-refractivity contribution in [3.63, 3.8) is 0 Å². The number of hydrogen-bond donors (Lipinski definition) is 1. The summed E-state index contributed by atoms with van der Waals surface area (Å²) in [6, 6.07) is 11.4. The second-order valence-corrected chi connectivity index (χ2v) is 6.04. The lowest BCUT2D eigenvalue weighted by Gasteiger charge is -2.37. The van der Waals surface area contributed by atoms with E-state index in [4.69, 9.17) is 10.5 Å². The van der Waals surface area contributed by atoms with E-state index in [9.17, 15) is 4.79 Å². The Balaban J connectivity index is 0.00000156. The fourth-order valence-corrected chi connectivity index (χ4v) is 2.87. The van der Waals surface area contributed by atoms with E-state index in [1.165, 1.54) is 0 Å². The standard InChI is InChI=1S/C17H22N4O2.2ClH/c1-17(18,14-6-3-2-4-7-14)16(22)20-10-11-23-15(12-20)13-21-9-5-8-19-21;;/h2-9,15H,10-13,18H2,1H3;2*1H. The topological polar surface area (TPSA) is 73.4 Å². The first kappa shape index (κ1) is 21.4. The number of benzene rings is 1. The van der Waals surface area contributed by atoms with E-state index in [1.807, 2.05) is 47.3 Å². The number of ether oxygens (including phenoxy) is 1. The van der Waals surface area contributed by atoms with Gasteiger partial charge >= 0.3 is 0 Å². The fraction of sp³-hybridized carbons (Fsp3) is 0.412. The van der Waals surface area contributed by atoms with Crippen LogP contribution in [0.2, 0.25) is 0 Å². The molecule has 2 heterocycles. The largest absolute Gasteiger partial charge is 0.373 e. The molecule has 2 unspecified atom stereocenters. The summed E-state index contributed by atoms with van der Waals surface area (Å²) >= 11 is 0. The van der Waals surface area contributed by atoms with Crippen molar-refractivity contribution in [1.82, 2.24) is 14.7 Å². The first-order chi connectivity index (χ1) is 11.1. The predicted molar refractivity (Wildman–Crippen MR) is 101 cm³/mol. The minimum atomic E-state index is -1.03. The molecule has 0 spiro atoms. The Kier molecular flexibility index (Phi) is 7.89. The Bertz CT molecular complexity index is 650. The molecule has 0 radical (unpaired) electrons. The third-order valence-corrected chi connectivity index (χ3v) is 4.19. The molecule has 2 aromatic rings. The number of hydrogen-bond acceptors (Lipinski definition) is 4. The molecule has 1 aromatic heterocycles. The summed E-state index contributed by atoms with van der Waals surface area (Å²) in [6.07, 6.45) is 3.55. The fourth-order valence-electron chi connectivity index (χ4n) is 2.87. The molecular weight excluding hydrogens is 363 g/mol. The zero-order valence-corrected chi connectivity index (χ0v) is 15.7. The van der Waals surface area contributed by atoms with Crippen molar-refractivity contribution in [2.24, 2.45) is 5.73 Å². The zero-order valence-electron chi connectivity index (χ0n) is 14.1. The van der Waals surface area contributed by atoms with E-state index >= 15 is 0 Å². The van der Waals surface area contributed by atoms with E-state index in [-0.39, 0.29) is 36.8 Å². The maximum absolute atomic E-state index is 12.9. The van der Waals surface area contributed by atoms with Crippen LogP contribution in [0.1, 0.15) is 12.5 Å². The van der Waals surface area contributed by atoms with Gasteiger partial charge in [-0.3, -0.25) is 9.48 Å². The highest BCUT2D eigenvalue weighted by molar-refractivity contribution is 5.87. The van der Waals surface area contributed by atoms with Gasteiger partial charge in [0, 0.05) is 25.5 Å². The van der Waals surface area contributed by atoms with Crippen molar-refractivity contribution in [2.45, 2.75) is 25.1 Å². The van der Waals surface area contributed by atoms with E-state index in [1.54, 1.807) is 18.0 Å². The molecule has 25 heavy (non-hydrogen) atoms. The number of morpholine rings is 1. The second kappa shape index (κ2) is 9.20. The third-order valence-electron chi connectivity index (χ3n) is 4.19. The Morgan fingerprint density at radius 2 is 2.04 bits per heavy atom. The van der Waals surface area contributed by atoms with Crippen molar-refractivity contribution < 1.29 is 9.53 Å². The zero-order chi connectivity index (χ0) is 16.3. The highest BCUT2D eigenvalue weighted by atomic mass is 35.5. The lowest BCUT2D eigenvalue weighted by atomic mass is 9.91. The molecule has 8 heteroatoms. The number of halogens is 2. The number of rotatable bonds is 4. The van der Waals surface area contributed by atoms with E-state index in [0.717, 1.165) is 5.56 Å². The van der Waals surface area contributed by atoms with Crippen LogP contribution in [0, 0.1) is 0 Å². The summed E-state index contributed by atoms with van der Waals surface area (Å²) in [6.45, 7) is 4.00. The molecule has 1 aliphatic heterocycles. The normalized spacial score (nSPS) is 19.3. The van der Waals surface area contributed by atoms with Crippen molar-refractivity contribution in [1.29, 1.82) is 0 Å². The van der Waals surface area contributed by atoms with Crippen LogP contribution in [0.3, 0.4) is 0 Å². The molecule has 1 amide bonds. The van der Waals surface area contributed by atoms with Gasteiger partial charge in [0.2, 0.25) is 5.91 Å². The maximum atomic E-state index is 12.9. The molecule has 138 valence electrons. The quantitative estimate of drug-likeness (QED) is 0.869. The van der Waals surface area contributed by atoms with Gasteiger partial charge in [0.25, 0.3) is 0 Å². The van der Waals surface area contributed by atoms with Crippen LogP contribution in [0.5, 0.6) is 0 Å². The minimum Gasteiger partial charge on any atom is -0.373 e. The highest BCUT2D eigenvalue weighted by Gasteiger charge is 2.36. The van der Waals surface area contributed by atoms with Crippen LogP contribution in [0.4, 0.5) is 0 Å². The maximum Gasteiger partial charge on any atom is 0.247 e. The highest BCUT2D eigenvalue weighted by Crippen LogP contribution is 2.22. The van der Waals surface area contributed by atoms with Gasteiger partial charge < -0.3 is 15.4 Å². The van der Waals surface area contributed by atoms with Gasteiger partial charge in [-0.25, -0.2) is 0 Å². The predicted octanol–water partition coefficient (Wildman–Crippen LogP) is 1.83. The minimum absolute atomic E-state index is 0. The number of carbonyl (C=O) groups is 1. The van der Waals surface area contributed by atoms with Gasteiger partial charge in [-0.15, -0.1) is 24.8 Å². The van der Waals surface area contributed by atoms with Crippen LogP contribution in [-0.2, 0) is 21.6 Å². The van der Waals surface area contributed by atoms with E-state index in [0.29, 0.717) is 26.2 Å². The molecule has 0 aliphatic carbocycles. The summed E-state index contributed by atoms with van der Waals surface area (Å²) in [5, 5.41) is 4.19. The number of aromatic nitrogens is 2. The van der Waals surface area contributed by atoms with Gasteiger partial charge in [-0.2, -0.15) is 5.10 Å². The number of nitrogens with two attached hydrogens (primary N) is 1. The van der Waals surface area contributed by atoms with Crippen LogP contribution in [0.15, 0.2) is 48.8 Å². The van der Waals surface area contributed by atoms with Crippen LogP contribution in [0.25, 0.3) is 0 Å². The van der Waals surface area contributed by atoms with Gasteiger partial charge in [0.05, 0.1) is 19.3 Å². The molecule has 2 atom stereocenters. The average Bonchev–Trinajstić information content (AvgIpc) is 3.08.